The smallest absolute Gasteiger partial charge is 0.356 e. The molecule has 5 heteroatoms. The first-order valence-electron chi connectivity index (χ1n) is 7.66. The summed E-state index contributed by atoms with van der Waals surface area (Å²) in [6.07, 6.45) is 0.852. The third-order valence-corrected chi connectivity index (χ3v) is 3.85. The van der Waals surface area contributed by atoms with Crippen LogP contribution in [0.1, 0.15) is 23.0 Å². The van der Waals surface area contributed by atoms with Gasteiger partial charge >= 0.3 is 5.97 Å². The van der Waals surface area contributed by atoms with Gasteiger partial charge in [-0.3, -0.25) is 0 Å². The summed E-state index contributed by atoms with van der Waals surface area (Å²) in [7, 11) is 1.27. The third-order valence-electron chi connectivity index (χ3n) is 3.85. The number of methoxy groups -OCH3 is 1. The minimum absolute atomic E-state index is 0.0616. The summed E-state index contributed by atoms with van der Waals surface area (Å²) in [5, 5.41) is 3.90. The quantitative estimate of drug-likeness (QED) is 0.720. The zero-order valence-electron chi connectivity index (χ0n) is 13.5. The van der Waals surface area contributed by atoms with Crippen molar-refractivity contribution >= 4 is 28.2 Å². The first-order valence-corrected chi connectivity index (χ1v) is 7.66. The van der Waals surface area contributed by atoms with Crippen LogP contribution in [0.5, 0.6) is 0 Å². The van der Waals surface area contributed by atoms with Gasteiger partial charge in [-0.2, -0.15) is 0 Å². The van der Waals surface area contributed by atoms with Crippen molar-refractivity contribution in [3.8, 4) is 0 Å². The molecule has 0 saturated heterocycles. The third kappa shape index (κ3) is 2.93. The summed E-state index contributed by atoms with van der Waals surface area (Å²) in [6, 6.07) is 14.1. The predicted octanol–water partition coefficient (Wildman–Crippen LogP) is 4.47. The molecule has 0 radical (unpaired) electrons. The fourth-order valence-corrected chi connectivity index (χ4v) is 2.62. The van der Waals surface area contributed by atoms with E-state index in [2.05, 4.69) is 17.2 Å². The van der Waals surface area contributed by atoms with Crippen LogP contribution in [0.2, 0.25) is 0 Å². The van der Waals surface area contributed by atoms with E-state index < -0.39 is 11.8 Å². The highest BCUT2D eigenvalue weighted by atomic mass is 19.1. The molecule has 1 aromatic heterocycles. The maximum atomic E-state index is 14.2. The van der Waals surface area contributed by atoms with Crippen molar-refractivity contribution < 1.29 is 13.9 Å². The van der Waals surface area contributed by atoms with Crippen molar-refractivity contribution in [2.45, 2.75) is 13.3 Å². The van der Waals surface area contributed by atoms with Crippen molar-refractivity contribution in [2.75, 3.05) is 12.4 Å². The van der Waals surface area contributed by atoms with Crippen LogP contribution in [-0.2, 0) is 11.2 Å². The van der Waals surface area contributed by atoms with E-state index >= 15 is 0 Å². The molecule has 1 heterocycles. The molecular weight excluding hydrogens is 307 g/mol. The lowest BCUT2D eigenvalue weighted by Gasteiger charge is -2.14. The van der Waals surface area contributed by atoms with Crippen LogP contribution in [0.25, 0.3) is 10.9 Å². The molecule has 0 atom stereocenters. The van der Waals surface area contributed by atoms with Gasteiger partial charge < -0.3 is 10.1 Å². The molecule has 0 aliphatic heterocycles. The van der Waals surface area contributed by atoms with E-state index in [0.29, 0.717) is 11.1 Å². The molecule has 1 N–H and O–H groups in total. The number of nitrogens with one attached hydrogen (secondary N) is 1. The van der Waals surface area contributed by atoms with E-state index in [0.717, 1.165) is 17.7 Å². The average molecular weight is 324 g/mol. The van der Waals surface area contributed by atoms with Gasteiger partial charge in [0.05, 0.1) is 12.8 Å². The van der Waals surface area contributed by atoms with Gasteiger partial charge in [0, 0.05) is 11.1 Å². The number of pyridine rings is 1. The van der Waals surface area contributed by atoms with Crippen molar-refractivity contribution in [1.29, 1.82) is 0 Å². The number of esters is 1. The number of para-hydroxylation sites is 2. The molecule has 0 unspecified atom stereocenters. The van der Waals surface area contributed by atoms with Crippen LogP contribution in [-0.4, -0.2) is 18.1 Å². The molecule has 0 bridgehead atoms. The lowest BCUT2D eigenvalue weighted by atomic mass is 10.1. The molecule has 3 aromatic rings. The van der Waals surface area contributed by atoms with Crippen LogP contribution in [0.4, 0.5) is 15.8 Å². The summed E-state index contributed by atoms with van der Waals surface area (Å²) in [6.45, 7) is 2.06. The number of anilines is 2. The summed E-state index contributed by atoms with van der Waals surface area (Å²) in [5.41, 5.74) is 2.84. The van der Waals surface area contributed by atoms with Gasteiger partial charge in [-0.1, -0.05) is 37.3 Å². The normalized spacial score (nSPS) is 10.6. The van der Waals surface area contributed by atoms with Crippen LogP contribution in [0.3, 0.4) is 0 Å². The Hall–Kier alpha value is -2.95. The fourth-order valence-electron chi connectivity index (χ4n) is 2.62. The summed E-state index contributed by atoms with van der Waals surface area (Å²) in [5.74, 6) is -1.09. The number of ether oxygens (including phenoxy) is 1. The van der Waals surface area contributed by atoms with Crippen molar-refractivity contribution in [3.05, 3.63) is 65.6 Å². The largest absolute Gasteiger partial charge is 0.464 e. The Morgan fingerprint density at radius 3 is 2.71 bits per heavy atom. The zero-order chi connectivity index (χ0) is 17.1. The zero-order valence-corrected chi connectivity index (χ0v) is 13.5. The van der Waals surface area contributed by atoms with E-state index in [4.69, 9.17) is 4.74 Å². The van der Waals surface area contributed by atoms with E-state index in [9.17, 15) is 9.18 Å². The second-order valence-electron chi connectivity index (χ2n) is 5.32. The number of aromatic nitrogens is 1. The number of rotatable bonds is 4. The molecule has 0 aliphatic carbocycles. The number of halogens is 1. The van der Waals surface area contributed by atoms with Crippen molar-refractivity contribution in [2.24, 2.45) is 0 Å². The van der Waals surface area contributed by atoms with Crippen molar-refractivity contribution in [1.82, 2.24) is 4.98 Å². The van der Waals surface area contributed by atoms with Gasteiger partial charge in [0.2, 0.25) is 0 Å². The Balaban J connectivity index is 2.18. The molecule has 0 spiro atoms. The van der Waals surface area contributed by atoms with Crippen LogP contribution in [0.15, 0.2) is 48.5 Å². The Kier molecular flexibility index (Phi) is 4.42. The summed E-state index contributed by atoms with van der Waals surface area (Å²) >= 11 is 0. The lowest BCUT2D eigenvalue weighted by Crippen LogP contribution is -2.07. The number of hydrogen-bond acceptors (Lipinski definition) is 4. The SMILES string of the molecule is CCc1ccccc1Nc1cc(C(=O)OC)nc2c(F)cccc12. The molecule has 0 aliphatic rings. The monoisotopic (exact) mass is 324 g/mol. The number of benzene rings is 2. The highest BCUT2D eigenvalue weighted by Crippen LogP contribution is 2.29. The van der Waals surface area contributed by atoms with E-state index in [-0.39, 0.29) is 11.2 Å². The van der Waals surface area contributed by atoms with Gasteiger partial charge in [-0.15, -0.1) is 0 Å². The highest BCUT2D eigenvalue weighted by Gasteiger charge is 2.15. The Labute approximate surface area is 139 Å². The molecule has 0 saturated carbocycles. The Morgan fingerprint density at radius 2 is 1.96 bits per heavy atom. The number of carbonyl (C=O) groups excluding carboxylic acids is 1. The van der Waals surface area contributed by atoms with Gasteiger partial charge in [0.1, 0.15) is 11.3 Å². The standard InChI is InChI=1S/C19H17FN2O2/c1-3-12-7-4-5-10-15(12)21-16-11-17(19(23)24-2)22-18-13(16)8-6-9-14(18)20/h4-11H,3H2,1-2H3,(H,21,22). The van der Waals surface area contributed by atoms with Crippen LogP contribution < -0.4 is 5.32 Å². The molecular formula is C19H17FN2O2. The molecule has 4 nitrogen and oxygen atoms in total. The molecule has 122 valence electrons. The van der Waals surface area contributed by atoms with Gasteiger partial charge in [-0.25, -0.2) is 14.2 Å². The maximum absolute atomic E-state index is 14.2. The molecule has 0 fully saturated rings. The first-order chi connectivity index (χ1) is 11.6. The Morgan fingerprint density at radius 1 is 1.17 bits per heavy atom. The number of hydrogen-bond donors (Lipinski definition) is 1. The van der Waals surface area contributed by atoms with Crippen LogP contribution in [0, 0.1) is 5.82 Å². The van der Waals surface area contributed by atoms with Gasteiger partial charge in [-0.05, 0) is 30.2 Å². The fraction of sp³-hybridized carbons (Fsp3) is 0.158. The minimum atomic E-state index is -0.605. The average Bonchev–Trinajstić information content (AvgIpc) is 2.62. The maximum Gasteiger partial charge on any atom is 0.356 e. The van der Waals surface area contributed by atoms with E-state index in [1.807, 2.05) is 24.3 Å². The van der Waals surface area contributed by atoms with Gasteiger partial charge in [0.15, 0.2) is 5.69 Å². The predicted molar refractivity (Wildman–Crippen MR) is 92.1 cm³/mol. The van der Waals surface area contributed by atoms with E-state index in [1.165, 1.54) is 13.2 Å². The molecule has 3 rings (SSSR count). The summed E-state index contributed by atoms with van der Waals surface area (Å²) in [4.78, 5) is 16.0. The number of nitrogens with zero attached hydrogens (tertiary/aromatic N) is 1. The lowest BCUT2D eigenvalue weighted by molar-refractivity contribution is 0.0594. The molecule has 24 heavy (non-hydrogen) atoms. The number of fused-ring (bicyclic) bond motifs is 1. The highest BCUT2D eigenvalue weighted by molar-refractivity contribution is 5.99. The Bertz CT molecular complexity index is 909. The number of carbonyl (C=O) groups is 1. The first kappa shape index (κ1) is 15.9. The molecule has 2 aromatic carbocycles. The van der Waals surface area contributed by atoms with E-state index in [1.54, 1.807) is 18.2 Å². The van der Waals surface area contributed by atoms with Crippen molar-refractivity contribution in [3.63, 3.8) is 0 Å². The number of aryl methyl sites for hydroxylation is 1. The van der Waals surface area contributed by atoms with Gasteiger partial charge in [0.25, 0.3) is 0 Å². The minimum Gasteiger partial charge on any atom is -0.464 e. The summed E-state index contributed by atoms with van der Waals surface area (Å²) < 4.78 is 18.9. The second-order valence-corrected chi connectivity index (χ2v) is 5.32. The van der Waals surface area contributed by atoms with Crippen LogP contribution >= 0.6 is 0 Å². The topological polar surface area (TPSA) is 51.2 Å². The molecule has 0 amide bonds. The second kappa shape index (κ2) is 6.66.